The second kappa shape index (κ2) is 11.2. The first-order valence-electron chi connectivity index (χ1n) is 11.3. The molecule has 2 atom stereocenters. The van der Waals surface area contributed by atoms with Crippen molar-refractivity contribution in [2.24, 2.45) is 10.9 Å². The lowest BCUT2D eigenvalue weighted by Gasteiger charge is -2.34. The molecule has 0 aromatic rings. The van der Waals surface area contributed by atoms with Gasteiger partial charge in [0.2, 0.25) is 0 Å². The van der Waals surface area contributed by atoms with Gasteiger partial charge in [0.05, 0.1) is 6.54 Å². The summed E-state index contributed by atoms with van der Waals surface area (Å²) < 4.78 is 43.2. The zero-order chi connectivity index (χ0) is 23.1. The second-order valence-electron chi connectivity index (χ2n) is 9.46. The Labute approximate surface area is 183 Å². The molecule has 0 radical (unpaired) electrons. The molecular weight excluding hydrogens is 411 g/mol. The van der Waals surface area contributed by atoms with Crippen LogP contribution in [0.2, 0.25) is 0 Å². The maximum atomic E-state index is 12.6. The maximum absolute atomic E-state index is 12.6. The molecule has 0 bridgehead atoms. The summed E-state index contributed by atoms with van der Waals surface area (Å²) >= 11 is 0. The summed E-state index contributed by atoms with van der Waals surface area (Å²) in [6, 6.07) is -0.0440. The number of likely N-dealkylation sites (tertiary alicyclic amines) is 2. The Morgan fingerprint density at radius 3 is 2.55 bits per heavy atom. The number of ether oxygens (including phenoxy) is 1. The fraction of sp³-hybridized carbons (Fsp3) is 0.905. The molecule has 2 heterocycles. The third kappa shape index (κ3) is 9.97. The van der Waals surface area contributed by atoms with E-state index < -0.39 is 18.3 Å². The Morgan fingerprint density at radius 2 is 1.90 bits per heavy atom. The number of aliphatic imine (C=N–C) groups is 1. The predicted molar refractivity (Wildman–Crippen MR) is 115 cm³/mol. The van der Waals surface area contributed by atoms with Crippen molar-refractivity contribution in [2.75, 3.05) is 45.8 Å². The van der Waals surface area contributed by atoms with Gasteiger partial charge in [-0.15, -0.1) is 0 Å². The fourth-order valence-corrected chi connectivity index (χ4v) is 4.01. The number of hydrogen-bond acceptors (Lipinski definition) is 4. The van der Waals surface area contributed by atoms with Crippen LogP contribution in [0.15, 0.2) is 4.99 Å². The summed E-state index contributed by atoms with van der Waals surface area (Å²) in [6.07, 6.45) is -0.924. The highest BCUT2D eigenvalue weighted by Crippen LogP contribution is 2.22. The molecule has 2 N–H and O–H groups in total. The largest absolute Gasteiger partial charge is 0.444 e. The topological polar surface area (TPSA) is 69.2 Å². The third-order valence-corrected chi connectivity index (χ3v) is 5.34. The first-order chi connectivity index (χ1) is 14.4. The molecule has 0 aromatic heterocycles. The van der Waals surface area contributed by atoms with Gasteiger partial charge in [-0.2, -0.15) is 13.2 Å². The van der Waals surface area contributed by atoms with Crippen molar-refractivity contribution in [3.63, 3.8) is 0 Å². The van der Waals surface area contributed by atoms with Crippen molar-refractivity contribution < 1.29 is 22.7 Å². The molecule has 180 valence electrons. The summed E-state index contributed by atoms with van der Waals surface area (Å²) in [5.41, 5.74) is -0.503. The Bertz CT molecular complexity index is 607. The normalized spacial score (nSPS) is 23.7. The van der Waals surface area contributed by atoms with Crippen LogP contribution in [0, 0.1) is 5.92 Å². The van der Waals surface area contributed by atoms with Crippen molar-refractivity contribution in [3.05, 3.63) is 0 Å². The molecule has 2 saturated heterocycles. The van der Waals surface area contributed by atoms with Crippen LogP contribution in [0.3, 0.4) is 0 Å². The third-order valence-electron chi connectivity index (χ3n) is 5.34. The van der Waals surface area contributed by atoms with E-state index in [1.807, 2.05) is 27.7 Å². The summed E-state index contributed by atoms with van der Waals surface area (Å²) in [4.78, 5) is 20.1. The van der Waals surface area contributed by atoms with E-state index in [0.717, 1.165) is 25.8 Å². The van der Waals surface area contributed by atoms with Crippen LogP contribution < -0.4 is 10.6 Å². The number of guanidine groups is 1. The molecule has 1 amide bonds. The Hall–Kier alpha value is -1.71. The zero-order valence-corrected chi connectivity index (χ0v) is 19.2. The molecule has 0 aliphatic carbocycles. The van der Waals surface area contributed by atoms with Gasteiger partial charge < -0.3 is 20.3 Å². The number of amides is 1. The van der Waals surface area contributed by atoms with Gasteiger partial charge in [-0.1, -0.05) is 0 Å². The number of carbonyl (C=O) groups excluding carboxylic acids is 1. The van der Waals surface area contributed by atoms with Gasteiger partial charge in [0.15, 0.2) is 5.96 Å². The van der Waals surface area contributed by atoms with Crippen molar-refractivity contribution in [2.45, 2.75) is 71.2 Å². The molecule has 0 aromatic carbocycles. The molecular formula is C21H38F3N5O2. The second-order valence-corrected chi connectivity index (χ2v) is 9.46. The van der Waals surface area contributed by atoms with E-state index in [2.05, 4.69) is 15.6 Å². The van der Waals surface area contributed by atoms with Gasteiger partial charge >= 0.3 is 12.3 Å². The van der Waals surface area contributed by atoms with Gasteiger partial charge in [0.1, 0.15) is 5.60 Å². The van der Waals surface area contributed by atoms with Crippen molar-refractivity contribution in [1.82, 2.24) is 20.4 Å². The Balaban J connectivity index is 1.80. The van der Waals surface area contributed by atoms with Crippen LogP contribution in [0.1, 0.15) is 53.4 Å². The van der Waals surface area contributed by atoms with Gasteiger partial charge in [-0.05, 0) is 59.3 Å². The number of nitrogens with zero attached hydrogens (tertiary/aromatic N) is 3. The molecule has 2 fully saturated rings. The predicted octanol–water partition coefficient (Wildman–Crippen LogP) is 3.22. The zero-order valence-electron chi connectivity index (χ0n) is 19.2. The minimum Gasteiger partial charge on any atom is -0.444 e. The molecule has 2 aliphatic heterocycles. The SMILES string of the molecule is CCNC(=NCCC1CCCN(C(=O)OC(C)(C)C)C1)NC1CCN(CC(F)(F)F)C1. The quantitative estimate of drug-likeness (QED) is 0.481. The lowest BCUT2D eigenvalue weighted by atomic mass is 9.95. The highest BCUT2D eigenvalue weighted by Gasteiger charge is 2.34. The minimum absolute atomic E-state index is 0.0440. The number of alkyl halides is 3. The molecule has 2 rings (SSSR count). The van der Waals surface area contributed by atoms with Gasteiger partial charge in [0.25, 0.3) is 0 Å². The Kier molecular flexibility index (Phi) is 9.27. The van der Waals surface area contributed by atoms with Crippen molar-refractivity contribution in [3.8, 4) is 0 Å². The van der Waals surface area contributed by atoms with E-state index in [-0.39, 0.29) is 12.1 Å². The van der Waals surface area contributed by atoms with E-state index in [0.29, 0.717) is 51.0 Å². The molecule has 31 heavy (non-hydrogen) atoms. The molecule has 2 unspecified atom stereocenters. The number of nitrogens with one attached hydrogen (secondary N) is 2. The van der Waals surface area contributed by atoms with Crippen LogP contribution in [-0.4, -0.2) is 85.5 Å². The van der Waals surface area contributed by atoms with Gasteiger partial charge in [-0.25, -0.2) is 4.79 Å². The van der Waals surface area contributed by atoms with Crippen LogP contribution in [-0.2, 0) is 4.74 Å². The molecule has 2 aliphatic rings. The summed E-state index contributed by atoms with van der Waals surface area (Å²) in [7, 11) is 0. The first kappa shape index (κ1) is 25.5. The van der Waals surface area contributed by atoms with Gasteiger partial charge in [0, 0.05) is 45.3 Å². The Morgan fingerprint density at radius 1 is 1.16 bits per heavy atom. The standard InChI is InChI=1S/C21H38F3N5O2/c1-5-25-18(27-17-9-12-28(14-17)15-21(22,23)24)26-10-8-16-7-6-11-29(13-16)19(30)31-20(2,3)4/h16-17H,5-15H2,1-4H3,(H2,25,26,27). The number of halogens is 3. The van der Waals surface area contributed by atoms with Crippen LogP contribution >= 0.6 is 0 Å². The van der Waals surface area contributed by atoms with E-state index in [1.54, 1.807) is 4.90 Å². The molecule has 0 spiro atoms. The number of piperidine rings is 1. The molecule has 7 nitrogen and oxygen atoms in total. The highest BCUT2D eigenvalue weighted by atomic mass is 19.4. The van der Waals surface area contributed by atoms with Crippen LogP contribution in [0.25, 0.3) is 0 Å². The molecule has 0 saturated carbocycles. The van der Waals surface area contributed by atoms with Crippen LogP contribution in [0.4, 0.5) is 18.0 Å². The highest BCUT2D eigenvalue weighted by molar-refractivity contribution is 5.80. The molecule has 10 heteroatoms. The summed E-state index contributed by atoms with van der Waals surface area (Å²) in [5, 5.41) is 6.45. The lowest BCUT2D eigenvalue weighted by Crippen LogP contribution is -2.45. The fourth-order valence-electron chi connectivity index (χ4n) is 4.01. The van der Waals surface area contributed by atoms with Gasteiger partial charge in [-0.3, -0.25) is 9.89 Å². The number of hydrogen-bond donors (Lipinski definition) is 2. The average Bonchev–Trinajstić information content (AvgIpc) is 3.05. The summed E-state index contributed by atoms with van der Waals surface area (Å²) in [6.45, 7) is 10.1. The summed E-state index contributed by atoms with van der Waals surface area (Å²) in [5.74, 6) is 1.00. The van der Waals surface area contributed by atoms with E-state index >= 15 is 0 Å². The monoisotopic (exact) mass is 449 g/mol. The van der Waals surface area contributed by atoms with Crippen LogP contribution in [0.5, 0.6) is 0 Å². The maximum Gasteiger partial charge on any atom is 0.410 e. The van der Waals surface area contributed by atoms with E-state index in [4.69, 9.17) is 4.74 Å². The van der Waals surface area contributed by atoms with E-state index in [9.17, 15) is 18.0 Å². The number of rotatable bonds is 6. The number of carbonyl (C=O) groups is 1. The first-order valence-corrected chi connectivity index (χ1v) is 11.3. The average molecular weight is 450 g/mol. The lowest BCUT2D eigenvalue weighted by molar-refractivity contribution is -0.143. The van der Waals surface area contributed by atoms with Crippen molar-refractivity contribution >= 4 is 12.1 Å². The van der Waals surface area contributed by atoms with Crippen molar-refractivity contribution in [1.29, 1.82) is 0 Å². The van der Waals surface area contributed by atoms with E-state index in [1.165, 1.54) is 4.90 Å². The smallest absolute Gasteiger partial charge is 0.410 e. The minimum atomic E-state index is -4.17.